The molecule has 1 aromatic heterocycles. The maximum Gasteiger partial charge on any atom is 0.254 e. The second kappa shape index (κ2) is 7.74. The Balaban J connectivity index is 1.83. The highest BCUT2D eigenvalue weighted by Crippen LogP contribution is 2.26. The van der Waals surface area contributed by atoms with Gasteiger partial charge in [-0.1, -0.05) is 22.9 Å². The molecular weight excluding hydrogens is 343 g/mol. The number of hydrogen-bond donors (Lipinski definition) is 0. The van der Waals surface area contributed by atoms with Gasteiger partial charge >= 0.3 is 0 Å². The first kappa shape index (κ1) is 18.8. The summed E-state index contributed by atoms with van der Waals surface area (Å²) < 4.78 is 18.7. The van der Waals surface area contributed by atoms with Crippen molar-refractivity contribution < 1.29 is 13.7 Å². The fourth-order valence-corrected chi connectivity index (χ4v) is 2.94. The Morgan fingerprint density at radius 2 is 1.81 bits per heavy atom. The summed E-state index contributed by atoms with van der Waals surface area (Å²) in [5.74, 6) is 0.155. The molecule has 0 bridgehead atoms. The van der Waals surface area contributed by atoms with Crippen molar-refractivity contribution in [1.82, 2.24) is 10.1 Å². The van der Waals surface area contributed by atoms with Gasteiger partial charge in [0.05, 0.1) is 6.54 Å². The predicted molar refractivity (Wildman–Crippen MR) is 103 cm³/mol. The van der Waals surface area contributed by atoms with Crippen LogP contribution in [0.3, 0.4) is 0 Å². The minimum Gasteiger partial charge on any atom is -0.356 e. The van der Waals surface area contributed by atoms with Crippen LogP contribution in [0.2, 0.25) is 0 Å². The zero-order valence-electron chi connectivity index (χ0n) is 16.0. The van der Waals surface area contributed by atoms with E-state index in [1.165, 1.54) is 24.3 Å². The van der Waals surface area contributed by atoms with Gasteiger partial charge in [-0.25, -0.2) is 4.39 Å². The summed E-state index contributed by atoms with van der Waals surface area (Å²) in [6.07, 6.45) is 0. The lowest BCUT2D eigenvalue weighted by molar-refractivity contribution is 0.0686. The van der Waals surface area contributed by atoms with Gasteiger partial charge in [0, 0.05) is 23.2 Å². The van der Waals surface area contributed by atoms with E-state index >= 15 is 0 Å². The van der Waals surface area contributed by atoms with Crippen molar-refractivity contribution in [3.63, 3.8) is 0 Å². The number of halogens is 1. The normalized spacial score (nSPS) is 11.0. The van der Waals surface area contributed by atoms with E-state index < -0.39 is 0 Å². The van der Waals surface area contributed by atoms with Gasteiger partial charge in [-0.05, 0) is 63.6 Å². The molecule has 0 aliphatic rings. The molecule has 0 atom stereocenters. The van der Waals surface area contributed by atoms with Crippen LogP contribution in [0.25, 0.3) is 11.3 Å². The van der Waals surface area contributed by atoms with Gasteiger partial charge in [0.15, 0.2) is 5.76 Å². The first-order chi connectivity index (χ1) is 12.8. The number of aryl methyl sites for hydroxylation is 2. The van der Waals surface area contributed by atoms with Crippen molar-refractivity contribution in [3.8, 4) is 11.3 Å². The summed E-state index contributed by atoms with van der Waals surface area (Å²) >= 11 is 0. The van der Waals surface area contributed by atoms with Crippen molar-refractivity contribution in [3.05, 3.63) is 76.7 Å². The molecule has 0 saturated heterocycles. The molecule has 5 heteroatoms. The third kappa shape index (κ3) is 4.25. The van der Waals surface area contributed by atoms with Crippen LogP contribution < -0.4 is 0 Å². The Labute approximate surface area is 158 Å². The second-order valence-corrected chi connectivity index (χ2v) is 7.03. The van der Waals surface area contributed by atoms with Crippen LogP contribution in [-0.2, 0) is 6.54 Å². The Morgan fingerprint density at radius 3 is 2.48 bits per heavy atom. The average molecular weight is 366 g/mol. The predicted octanol–water partition coefficient (Wildman–Crippen LogP) is 5.15. The van der Waals surface area contributed by atoms with Crippen molar-refractivity contribution in [2.75, 3.05) is 0 Å². The molecule has 0 unspecified atom stereocenters. The van der Waals surface area contributed by atoms with Gasteiger partial charge in [-0.2, -0.15) is 0 Å². The number of amides is 1. The number of nitrogens with zero attached hydrogens (tertiary/aromatic N) is 2. The molecule has 0 radical (unpaired) electrons. The van der Waals surface area contributed by atoms with E-state index in [0.29, 0.717) is 23.6 Å². The highest BCUT2D eigenvalue weighted by atomic mass is 19.1. The summed E-state index contributed by atoms with van der Waals surface area (Å²) in [6, 6.07) is 13.6. The van der Waals surface area contributed by atoms with Gasteiger partial charge in [0.2, 0.25) is 0 Å². The molecular formula is C22H23FN2O2. The third-order valence-corrected chi connectivity index (χ3v) is 4.53. The minimum atomic E-state index is -0.364. The molecule has 0 aliphatic carbocycles. The SMILES string of the molecule is Cc1ccc(C)c(-c2cc(CN(C(=O)c3ccc(F)cc3)C(C)C)no2)c1. The molecule has 0 N–H and O–H groups in total. The largest absolute Gasteiger partial charge is 0.356 e. The summed E-state index contributed by atoms with van der Waals surface area (Å²) in [6.45, 7) is 8.25. The molecule has 4 nitrogen and oxygen atoms in total. The summed E-state index contributed by atoms with van der Waals surface area (Å²) in [7, 11) is 0. The Morgan fingerprint density at radius 1 is 1.11 bits per heavy atom. The van der Waals surface area contributed by atoms with Crippen LogP contribution in [0, 0.1) is 19.7 Å². The quantitative estimate of drug-likeness (QED) is 0.627. The smallest absolute Gasteiger partial charge is 0.254 e. The Kier molecular flexibility index (Phi) is 5.40. The molecule has 0 fully saturated rings. The highest BCUT2D eigenvalue weighted by molar-refractivity contribution is 5.94. The van der Waals surface area contributed by atoms with Crippen molar-refractivity contribution in [2.45, 2.75) is 40.3 Å². The number of carbonyl (C=O) groups excluding carboxylic acids is 1. The third-order valence-electron chi connectivity index (χ3n) is 4.53. The van der Waals surface area contributed by atoms with Crippen LogP contribution in [0.15, 0.2) is 53.1 Å². The molecule has 3 aromatic rings. The Hall–Kier alpha value is -2.95. The minimum absolute atomic E-state index is 0.0385. The van der Waals surface area contributed by atoms with Gasteiger partial charge in [-0.15, -0.1) is 0 Å². The van der Waals surface area contributed by atoms with Gasteiger partial charge in [0.1, 0.15) is 11.5 Å². The molecule has 1 amide bonds. The molecule has 27 heavy (non-hydrogen) atoms. The summed E-state index contributed by atoms with van der Waals surface area (Å²) in [5.41, 5.74) is 4.36. The Bertz CT molecular complexity index is 945. The van der Waals surface area contributed by atoms with Crippen LogP contribution in [-0.4, -0.2) is 22.0 Å². The van der Waals surface area contributed by atoms with E-state index in [1.54, 1.807) is 4.90 Å². The summed E-state index contributed by atoms with van der Waals surface area (Å²) in [4.78, 5) is 14.5. The lowest BCUT2D eigenvalue weighted by Gasteiger charge is -2.25. The molecule has 0 spiro atoms. The molecule has 0 aliphatic heterocycles. The number of rotatable bonds is 5. The maximum absolute atomic E-state index is 13.1. The van der Waals surface area contributed by atoms with Gasteiger partial charge in [0.25, 0.3) is 5.91 Å². The molecule has 1 heterocycles. The van der Waals surface area contributed by atoms with Crippen LogP contribution >= 0.6 is 0 Å². The number of hydrogen-bond acceptors (Lipinski definition) is 3. The van der Waals surface area contributed by atoms with Crippen LogP contribution in [0.5, 0.6) is 0 Å². The van der Waals surface area contributed by atoms with E-state index in [-0.39, 0.29) is 17.8 Å². The first-order valence-electron chi connectivity index (χ1n) is 8.95. The van der Waals surface area contributed by atoms with E-state index in [1.807, 2.05) is 39.8 Å². The first-order valence-corrected chi connectivity index (χ1v) is 8.95. The lowest BCUT2D eigenvalue weighted by atomic mass is 10.0. The maximum atomic E-state index is 13.1. The number of benzene rings is 2. The lowest BCUT2D eigenvalue weighted by Crippen LogP contribution is -2.36. The molecule has 2 aromatic carbocycles. The van der Waals surface area contributed by atoms with Crippen molar-refractivity contribution >= 4 is 5.91 Å². The zero-order valence-corrected chi connectivity index (χ0v) is 16.0. The number of aromatic nitrogens is 1. The average Bonchev–Trinajstić information content (AvgIpc) is 3.10. The van der Waals surface area contributed by atoms with E-state index in [9.17, 15) is 9.18 Å². The molecule has 3 rings (SSSR count). The topological polar surface area (TPSA) is 46.3 Å². The van der Waals surface area contributed by atoms with E-state index in [0.717, 1.165) is 16.7 Å². The highest BCUT2D eigenvalue weighted by Gasteiger charge is 2.21. The fourth-order valence-electron chi connectivity index (χ4n) is 2.94. The fraction of sp³-hybridized carbons (Fsp3) is 0.273. The van der Waals surface area contributed by atoms with Gasteiger partial charge < -0.3 is 9.42 Å². The monoisotopic (exact) mass is 366 g/mol. The van der Waals surface area contributed by atoms with Gasteiger partial charge in [-0.3, -0.25) is 4.79 Å². The van der Waals surface area contributed by atoms with Crippen LogP contribution in [0.4, 0.5) is 4.39 Å². The van der Waals surface area contributed by atoms with E-state index in [2.05, 4.69) is 17.3 Å². The summed E-state index contributed by atoms with van der Waals surface area (Å²) in [5, 5.41) is 4.15. The van der Waals surface area contributed by atoms with Crippen LogP contribution in [0.1, 0.15) is 41.0 Å². The molecule has 0 saturated carbocycles. The van der Waals surface area contributed by atoms with E-state index in [4.69, 9.17) is 4.52 Å². The standard InChI is InChI=1S/C22H23FN2O2/c1-14(2)25(22(26)17-7-9-18(23)10-8-17)13-19-12-21(27-24-19)20-11-15(3)5-6-16(20)4/h5-12,14H,13H2,1-4H3. The van der Waals surface area contributed by atoms with Crippen molar-refractivity contribution in [2.24, 2.45) is 0 Å². The number of carbonyl (C=O) groups is 1. The second-order valence-electron chi connectivity index (χ2n) is 7.03. The van der Waals surface area contributed by atoms with Crippen molar-refractivity contribution in [1.29, 1.82) is 0 Å². The molecule has 140 valence electrons. The zero-order chi connectivity index (χ0) is 19.6.